The van der Waals surface area contributed by atoms with E-state index >= 15 is 0 Å². The molecule has 0 N–H and O–H groups in total. The number of halogens is 1. The van der Waals surface area contributed by atoms with E-state index in [1.54, 1.807) is 16.8 Å². The molecule has 0 bridgehead atoms. The fourth-order valence-corrected chi connectivity index (χ4v) is 2.18. The molecule has 0 fully saturated rings. The number of ether oxygens (including phenoxy) is 1. The highest BCUT2D eigenvalue weighted by Gasteiger charge is 2.17. The second kappa shape index (κ2) is 5.93. The lowest BCUT2D eigenvalue weighted by molar-refractivity contribution is 0.213. The van der Waals surface area contributed by atoms with Crippen LogP contribution in [0.15, 0.2) is 54.6 Å². The molecular weight excluding hydrogens is 288 g/mol. The summed E-state index contributed by atoms with van der Waals surface area (Å²) in [5.41, 5.74) is 0.797. The molecule has 3 rings (SSSR count). The molecule has 1 aromatic heterocycles. The Morgan fingerprint density at radius 1 is 1.10 bits per heavy atom. The van der Waals surface area contributed by atoms with Crippen LogP contribution >= 0.6 is 11.6 Å². The minimum atomic E-state index is -0.290. The molecule has 106 valence electrons. The van der Waals surface area contributed by atoms with Gasteiger partial charge in [0.25, 0.3) is 0 Å². The average molecular weight is 301 g/mol. The second-order valence-corrected chi connectivity index (χ2v) is 4.94. The first-order valence-corrected chi connectivity index (χ1v) is 6.88. The van der Waals surface area contributed by atoms with Crippen molar-refractivity contribution in [1.29, 1.82) is 0 Å². The Balaban J connectivity index is 1.88. The molecule has 1 unspecified atom stereocenters. The lowest BCUT2D eigenvalue weighted by Gasteiger charge is -2.14. The normalized spacial score (nSPS) is 12.1. The topological polar surface area (TPSA) is 52.8 Å². The van der Waals surface area contributed by atoms with Gasteiger partial charge in [0.1, 0.15) is 5.75 Å². The fraction of sp³-hybridized carbons (Fsp3) is 0.133. The molecular formula is C15H13ClN4O. The van der Waals surface area contributed by atoms with Crippen molar-refractivity contribution in [2.75, 3.05) is 0 Å². The third-order valence-electron chi connectivity index (χ3n) is 2.97. The minimum Gasteiger partial charge on any atom is -0.483 e. The van der Waals surface area contributed by atoms with Crippen LogP contribution in [0.2, 0.25) is 5.02 Å². The van der Waals surface area contributed by atoms with Crippen LogP contribution in [0.3, 0.4) is 0 Å². The van der Waals surface area contributed by atoms with Crippen molar-refractivity contribution in [1.82, 2.24) is 20.2 Å². The third kappa shape index (κ3) is 3.03. The molecule has 0 saturated carbocycles. The summed E-state index contributed by atoms with van der Waals surface area (Å²) in [4.78, 5) is 0. The first-order chi connectivity index (χ1) is 10.2. The highest BCUT2D eigenvalue weighted by molar-refractivity contribution is 6.30. The lowest BCUT2D eigenvalue weighted by Crippen LogP contribution is -2.11. The standard InChI is InChI=1S/C15H13ClN4O/c1-11(21-14-8-3-2-4-9-14)15-17-18-19-20(15)13-7-5-6-12(16)10-13/h2-11H,1H3. The van der Waals surface area contributed by atoms with E-state index < -0.39 is 0 Å². The molecule has 1 heterocycles. The van der Waals surface area contributed by atoms with Gasteiger partial charge in [-0.1, -0.05) is 35.9 Å². The molecule has 0 spiro atoms. The zero-order chi connectivity index (χ0) is 14.7. The van der Waals surface area contributed by atoms with Crippen LogP contribution in [0, 0.1) is 0 Å². The first kappa shape index (κ1) is 13.6. The number of rotatable bonds is 4. The van der Waals surface area contributed by atoms with E-state index in [2.05, 4.69) is 15.5 Å². The molecule has 0 amide bonds. The van der Waals surface area contributed by atoms with Gasteiger partial charge in [-0.15, -0.1) is 5.10 Å². The van der Waals surface area contributed by atoms with Crippen LogP contribution in [0.25, 0.3) is 5.69 Å². The Hall–Kier alpha value is -2.40. The predicted octanol–water partition coefficient (Wildman–Crippen LogP) is 3.46. The van der Waals surface area contributed by atoms with E-state index in [4.69, 9.17) is 16.3 Å². The van der Waals surface area contributed by atoms with Crippen LogP contribution < -0.4 is 4.74 Å². The number of hydrogen-bond donors (Lipinski definition) is 0. The van der Waals surface area contributed by atoms with E-state index in [-0.39, 0.29) is 6.10 Å². The zero-order valence-electron chi connectivity index (χ0n) is 11.3. The Kier molecular flexibility index (Phi) is 3.83. The molecule has 0 radical (unpaired) electrons. The molecule has 1 atom stereocenters. The maximum atomic E-state index is 6.01. The summed E-state index contributed by atoms with van der Waals surface area (Å²) in [5.74, 6) is 1.38. The summed E-state index contributed by atoms with van der Waals surface area (Å²) in [6.07, 6.45) is -0.290. The summed E-state index contributed by atoms with van der Waals surface area (Å²) in [6, 6.07) is 16.9. The molecule has 6 heteroatoms. The van der Waals surface area contributed by atoms with Crippen molar-refractivity contribution in [3.63, 3.8) is 0 Å². The molecule has 0 aliphatic rings. The van der Waals surface area contributed by atoms with Gasteiger partial charge in [0, 0.05) is 5.02 Å². The number of tetrazole rings is 1. The first-order valence-electron chi connectivity index (χ1n) is 6.50. The molecule has 21 heavy (non-hydrogen) atoms. The zero-order valence-corrected chi connectivity index (χ0v) is 12.1. The van der Waals surface area contributed by atoms with Gasteiger partial charge in [0.15, 0.2) is 11.9 Å². The van der Waals surface area contributed by atoms with Gasteiger partial charge in [0.2, 0.25) is 0 Å². The molecule has 0 aliphatic carbocycles. The lowest BCUT2D eigenvalue weighted by atomic mass is 10.3. The average Bonchev–Trinajstić information content (AvgIpc) is 2.98. The predicted molar refractivity (Wildman–Crippen MR) is 79.6 cm³/mol. The number of benzene rings is 2. The van der Waals surface area contributed by atoms with Crippen molar-refractivity contribution in [3.8, 4) is 11.4 Å². The minimum absolute atomic E-state index is 0.290. The van der Waals surface area contributed by atoms with Crippen LogP contribution in [0.1, 0.15) is 18.9 Å². The van der Waals surface area contributed by atoms with E-state index in [1.807, 2.05) is 49.4 Å². The Morgan fingerprint density at radius 2 is 1.90 bits per heavy atom. The maximum absolute atomic E-state index is 6.01. The van der Waals surface area contributed by atoms with Crippen LogP contribution in [-0.4, -0.2) is 20.2 Å². The van der Waals surface area contributed by atoms with Gasteiger partial charge in [0.05, 0.1) is 5.69 Å². The molecule has 0 saturated heterocycles. The smallest absolute Gasteiger partial charge is 0.196 e. The monoisotopic (exact) mass is 300 g/mol. The maximum Gasteiger partial charge on any atom is 0.196 e. The summed E-state index contributed by atoms with van der Waals surface area (Å²) in [7, 11) is 0. The van der Waals surface area contributed by atoms with Gasteiger partial charge in [-0.2, -0.15) is 4.68 Å². The quantitative estimate of drug-likeness (QED) is 0.740. The Morgan fingerprint density at radius 3 is 2.67 bits per heavy atom. The van der Waals surface area contributed by atoms with Crippen LogP contribution in [0.4, 0.5) is 0 Å². The van der Waals surface area contributed by atoms with Gasteiger partial charge in [-0.3, -0.25) is 0 Å². The third-order valence-corrected chi connectivity index (χ3v) is 3.20. The van der Waals surface area contributed by atoms with Crippen LogP contribution in [-0.2, 0) is 0 Å². The van der Waals surface area contributed by atoms with E-state index in [0.717, 1.165) is 11.4 Å². The Labute approximate surface area is 127 Å². The summed E-state index contributed by atoms with van der Waals surface area (Å²) in [6.45, 7) is 1.90. The molecule has 3 aromatic rings. The van der Waals surface area contributed by atoms with E-state index in [0.29, 0.717) is 10.8 Å². The highest BCUT2D eigenvalue weighted by Crippen LogP contribution is 2.22. The van der Waals surface area contributed by atoms with Crippen molar-refractivity contribution < 1.29 is 4.74 Å². The molecule has 2 aromatic carbocycles. The van der Waals surface area contributed by atoms with E-state index in [9.17, 15) is 0 Å². The van der Waals surface area contributed by atoms with Crippen molar-refractivity contribution in [2.45, 2.75) is 13.0 Å². The Bertz CT molecular complexity index is 729. The van der Waals surface area contributed by atoms with E-state index in [1.165, 1.54) is 0 Å². The summed E-state index contributed by atoms with van der Waals surface area (Å²) >= 11 is 6.01. The van der Waals surface area contributed by atoms with Gasteiger partial charge in [-0.25, -0.2) is 0 Å². The number of nitrogens with zero attached hydrogens (tertiary/aromatic N) is 4. The summed E-state index contributed by atoms with van der Waals surface area (Å²) in [5, 5.41) is 12.4. The van der Waals surface area contributed by atoms with Crippen molar-refractivity contribution >= 4 is 11.6 Å². The SMILES string of the molecule is CC(Oc1ccccc1)c1nnnn1-c1cccc(Cl)c1. The largest absolute Gasteiger partial charge is 0.483 e. The van der Waals surface area contributed by atoms with Crippen LogP contribution in [0.5, 0.6) is 5.75 Å². The summed E-state index contributed by atoms with van der Waals surface area (Å²) < 4.78 is 7.48. The second-order valence-electron chi connectivity index (χ2n) is 4.50. The number of para-hydroxylation sites is 1. The van der Waals surface area contributed by atoms with Gasteiger partial charge < -0.3 is 4.74 Å². The number of hydrogen-bond acceptors (Lipinski definition) is 4. The number of aromatic nitrogens is 4. The highest BCUT2D eigenvalue weighted by atomic mass is 35.5. The van der Waals surface area contributed by atoms with Crippen molar-refractivity contribution in [2.24, 2.45) is 0 Å². The van der Waals surface area contributed by atoms with Crippen molar-refractivity contribution in [3.05, 3.63) is 65.4 Å². The molecule has 5 nitrogen and oxygen atoms in total. The van der Waals surface area contributed by atoms with Gasteiger partial charge >= 0.3 is 0 Å². The molecule has 0 aliphatic heterocycles. The van der Waals surface area contributed by atoms with Gasteiger partial charge in [-0.05, 0) is 47.7 Å². The fourth-order valence-electron chi connectivity index (χ4n) is 2.00.